The number of carbonyl (C=O) groups is 2. The summed E-state index contributed by atoms with van der Waals surface area (Å²) in [5.74, 6) is 0.405. The molecule has 3 amide bonds. The Labute approximate surface area is 130 Å². The van der Waals surface area contributed by atoms with Crippen LogP contribution in [-0.4, -0.2) is 51.8 Å². The van der Waals surface area contributed by atoms with Crippen LogP contribution in [0.2, 0.25) is 0 Å². The first-order chi connectivity index (χ1) is 10.7. The normalized spacial score (nSPS) is 13.9. The van der Waals surface area contributed by atoms with Gasteiger partial charge < -0.3 is 20.7 Å². The Kier molecular flexibility index (Phi) is 5.60. The number of urea groups is 1. The molecular formula is C15H22N4O3. The Balaban J connectivity index is 2.12. The lowest BCUT2D eigenvalue weighted by atomic mass is 10.1. The van der Waals surface area contributed by atoms with Gasteiger partial charge in [-0.05, 0) is 24.7 Å². The van der Waals surface area contributed by atoms with Crippen molar-refractivity contribution in [3.63, 3.8) is 0 Å². The summed E-state index contributed by atoms with van der Waals surface area (Å²) in [5, 5.41) is 8.72. The van der Waals surface area contributed by atoms with Crippen molar-refractivity contribution in [3.8, 4) is 5.75 Å². The van der Waals surface area contributed by atoms with Gasteiger partial charge in [0, 0.05) is 31.7 Å². The van der Waals surface area contributed by atoms with E-state index in [1.165, 1.54) is 0 Å². The Morgan fingerprint density at radius 2 is 2.23 bits per heavy atom. The summed E-state index contributed by atoms with van der Waals surface area (Å²) < 4.78 is 5.29. The third-order valence-corrected chi connectivity index (χ3v) is 3.43. The molecule has 7 nitrogen and oxygen atoms in total. The van der Waals surface area contributed by atoms with Crippen LogP contribution in [0, 0.1) is 0 Å². The van der Waals surface area contributed by atoms with Crippen molar-refractivity contribution in [2.45, 2.75) is 6.92 Å². The molecule has 0 radical (unpaired) electrons. The van der Waals surface area contributed by atoms with Crippen LogP contribution in [-0.2, 0) is 0 Å². The highest BCUT2D eigenvalue weighted by Gasteiger charge is 2.25. The molecule has 0 spiro atoms. The lowest BCUT2D eigenvalue weighted by Gasteiger charge is -2.18. The molecule has 0 unspecified atom stereocenters. The van der Waals surface area contributed by atoms with Gasteiger partial charge in [0.05, 0.1) is 12.8 Å². The third kappa shape index (κ3) is 3.67. The van der Waals surface area contributed by atoms with E-state index < -0.39 is 0 Å². The van der Waals surface area contributed by atoms with Crippen LogP contribution in [0.5, 0.6) is 5.75 Å². The number of nitrogens with one attached hydrogen (secondary N) is 3. The van der Waals surface area contributed by atoms with Crippen LogP contribution in [0.4, 0.5) is 10.5 Å². The van der Waals surface area contributed by atoms with Crippen LogP contribution in [0.1, 0.15) is 17.3 Å². The van der Waals surface area contributed by atoms with Crippen LogP contribution in [0.25, 0.3) is 0 Å². The van der Waals surface area contributed by atoms with Crippen molar-refractivity contribution >= 4 is 17.6 Å². The van der Waals surface area contributed by atoms with Crippen LogP contribution < -0.4 is 25.6 Å². The number of carbonyl (C=O) groups excluding carboxylic acids is 2. The van der Waals surface area contributed by atoms with E-state index in [0.717, 1.165) is 13.1 Å². The van der Waals surface area contributed by atoms with E-state index in [4.69, 9.17) is 4.74 Å². The van der Waals surface area contributed by atoms with Crippen molar-refractivity contribution in [2.75, 3.05) is 44.7 Å². The average molecular weight is 306 g/mol. The topological polar surface area (TPSA) is 82.7 Å². The Hall–Kier alpha value is -2.28. The van der Waals surface area contributed by atoms with Gasteiger partial charge in [0.15, 0.2) is 0 Å². The average Bonchev–Trinajstić information content (AvgIpc) is 2.96. The Bertz CT molecular complexity index is 548. The second kappa shape index (κ2) is 7.65. The van der Waals surface area contributed by atoms with E-state index in [-0.39, 0.29) is 11.9 Å². The Morgan fingerprint density at radius 1 is 1.41 bits per heavy atom. The molecule has 1 aromatic rings. The van der Waals surface area contributed by atoms with Crippen LogP contribution in [0.3, 0.4) is 0 Å². The number of benzene rings is 1. The molecule has 1 fully saturated rings. The van der Waals surface area contributed by atoms with Crippen LogP contribution in [0.15, 0.2) is 18.2 Å². The van der Waals surface area contributed by atoms with E-state index in [1.807, 2.05) is 6.92 Å². The number of methoxy groups -OCH3 is 1. The molecule has 1 heterocycles. The minimum atomic E-state index is -0.178. The fourth-order valence-corrected chi connectivity index (χ4v) is 2.29. The first-order valence-corrected chi connectivity index (χ1v) is 7.39. The second-order valence-corrected chi connectivity index (χ2v) is 4.88. The number of anilines is 1. The van der Waals surface area contributed by atoms with Gasteiger partial charge >= 0.3 is 6.03 Å². The fraction of sp³-hybridized carbons (Fsp3) is 0.467. The van der Waals surface area contributed by atoms with Crippen molar-refractivity contribution in [1.82, 2.24) is 16.0 Å². The number of hydrogen-bond donors (Lipinski definition) is 3. The first-order valence-electron chi connectivity index (χ1n) is 7.39. The Morgan fingerprint density at radius 3 is 2.86 bits per heavy atom. The molecule has 0 bridgehead atoms. The lowest BCUT2D eigenvalue weighted by molar-refractivity contribution is 0.0954. The van der Waals surface area contributed by atoms with E-state index in [0.29, 0.717) is 36.6 Å². The lowest BCUT2D eigenvalue weighted by Crippen LogP contribution is -2.32. The van der Waals surface area contributed by atoms with Gasteiger partial charge in [0.2, 0.25) is 0 Å². The highest BCUT2D eigenvalue weighted by Crippen LogP contribution is 2.30. The number of ether oxygens (including phenoxy) is 1. The summed E-state index contributed by atoms with van der Waals surface area (Å²) in [4.78, 5) is 25.6. The zero-order valence-corrected chi connectivity index (χ0v) is 12.9. The molecule has 120 valence electrons. The maximum Gasteiger partial charge on any atom is 0.322 e. The van der Waals surface area contributed by atoms with Gasteiger partial charge in [-0.3, -0.25) is 9.69 Å². The number of nitrogens with zero attached hydrogens (tertiary/aromatic N) is 1. The second-order valence-electron chi connectivity index (χ2n) is 4.88. The maximum absolute atomic E-state index is 12.2. The van der Waals surface area contributed by atoms with Gasteiger partial charge in [0.1, 0.15) is 5.75 Å². The summed E-state index contributed by atoms with van der Waals surface area (Å²) in [6, 6.07) is 4.91. The number of rotatable bonds is 7. The standard InChI is InChI=1S/C15H22N4O3/c1-3-16-6-7-17-14(20)11-4-5-13(22-2)12(10-11)19-9-8-18-15(19)21/h4-5,10,16H,3,6-9H2,1-2H3,(H,17,20)(H,18,21). The number of hydrogen-bond acceptors (Lipinski definition) is 4. The third-order valence-electron chi connectivity index (χ3n) is 3.43. The molecule has 0 aliphatic carbocycles. The molecule has 3 N–H and O–H groups in total. The minimum absolute atomic E-state index is 0.165. The highest BCUT2D eigenvalue weighted by molar-refractivity contribution is 5.99. The molecule has 7 heteroatoms. The maximum atomic E-state index is 12.2. The minimum Gasteiger partial charge on any atom is -0.495 e. The van der Waals surface area contributed by atoms with Gasteiger partial charge in [-0.15, -0.1) is 0 Å². The van der Waals surface area contributed by atoms with Gasteiger partial charge in [-0.25, -0.2) is 4.79 Å². The predicted octanol–water partition coefficient (Wildman–Crippen LogP) is 0.564. The van der Waals surface area contributed by atoms with E-state index in [1.54, 1.807) is 30.2 Å². The molecular weight excluding hydrogens is 284 g/mol. The molecule has 2 rings (SSSR count). The number of amides is 3. The summed E-state index contributed by atoms with van der Waals surface area (Å²) in [6.45, 7) is 5.30. The highest BCUT2D eigenvalue weighted by atomic mass is 16.5. The summed E-state index contributed by atoms with van der Waals surface area (Å²) >= 11 is 0. The first kappa shape index (κ1) is 16.1. The van der Waals surface area contributed by atoms with Crippen molar-refractivity contribution < 1.29 is 14.3 Å². The van der Waals surface area contributed by atoms with Crippen LogP contribution >= 0.6 is 0 Å². The van der Waals surface area contributed by atoms with Gasteiger partial charge in [0.25, 0.3) is 5.91 Å². The van der Waals surface area contributed by atoms with Crippen molar-refractivity contribution in [2.24, 2.45) is 0 Å². The zero-order chi connectivity index (χ0) is 15.9. The summed E-state index contributed by atoms with van der Waals surface area (Å²) in [6.07, 6.45) is 0. The van der Waals surface area contributed by atoms with Crippen molar-refractivity contribution in [3.05, 3.63) is 23.8 Å². The van der Waals surface area contributed by atoms with Gasteiger partial charge in [-0.2, -0.15) is 0 Å². The predicted molar refractivity (Wildman–Crippen MR) is 84.6 cm³/mol. The van der Waals surface area contributed by atoms with Gasteiger partial charge in [-0.1, -0.05) is 6.92 Å². The molecule has 1 aliphatic rings. The quantitative estimate of drug-likeness (QED) is 0.643. The van der Waals surface area contributed by atoms with E-state index in [2.05, 4.69) is 16.0 Å². The van der Waals surface area contributed by atoms with E-state index >= 15 is 0 Å². The summed E-state index contributed by atoms with van der Waals surface area (Å²) in [7, 11) is 1.54. The SMILES string of the molecule is CCNCCNC(=O)c1ccc(OC)c(N2CCNC2=O)c1. The molecule has 1 saturated heterocycles. The molecule has 0 aromatic heterocycles. The molecule has 1 aliphatic heterocycles. The zero-order valence-electron chi connectivity index (χ0n) is 12.9. The molecule has 0 atom stereocenters. The summed E-state index contributed by atoms with van der Waals surface area (Å²) in [5.41, 5.74) is 1.11. The largest absolute Gasteiger partial charge is 0.495 e. The molecule has 1 aromatic carbocycles. The fourth-order valence-electron chi connectivity index (χ4n) is 2.29. The molecule has 0 saturated carbocycles. The monoisotopic (exact) mass is 306 g/mol. The van der Waals surface area contributed by atoms with E-state index in [9.17, 15) is 9.59 Å². The van der Waals surface area contributed by atoms with Crippen molar-refractivity contribution in [1.29, 1.82) is 0 Å². The number of likely N-dealkylation sites (N-methyl/N-ethyl adjacent to an activating group) is 1. The smallest absolute Gasteiger partial charge is 0.322 e. The molecule has 22 heavy (non-hydrogen) atoms.